The van der Waals surface area contributed by atoms with Crippen LogP contribution < -0.4 is 5.32 Å². The topological polar surface area (TPSA) is 46.4 Å². The number of hydrogen-bond donors (Lipinski definition) is 1. The lowest BCUT2D eigenvalue weighted by Crippen LogP contribution is -2.18. The van der Waals surface area contributed by atoms with Crippen molar-refractivity contribution in [2.45, 2.75) is 18.8 Å². The molecule has 1 aromatic carbocycles. The first kappa shape index (κ1) is 13.9. The summed E-state index contributed by atoms with van der Waals surface area (Å²) in [6.45, 7) is 0. The molecule has 0 spiro atoms. The summed E-state index contributed by atoms with van der Waals surface area (Å²) in [6.07, 6.45) is 4.29. The molecule has 1 saturated carbocycles. The predicted molar refractivity (Wildman–Crippen MR) is 86.0 cm³/mol. The molecule has 4 rings (SSSR count). The van der Waals surface area contributed by atoms with Crippen LogP contribution in [0.4, 0.5) is 4.39 Å². The van der Waals surface area contributed by atoms with Crippen molar-refractivity contribution in [1.29, 1.82) is 0 Å². The zero-order valence-electron chi connectivity index (χ0n) is 12.7. The van der Waals surface area contributed by atoms with Crippen molar-refractivity contribution in [3.05, 3.63) is 59.5 Å². The molecule has 0 atom stereocenters. The van der Waals surface area contributed by atoms with Crippen LogP contribution in [-0.2, 0) is 0 Å². The smallest absolute Gasteiger partial charge is 0.255 e. The fourth-order valence-corrected chi connectivity index (χ4v) is 2.89. The standard InChI is InChI=1S/C18H16FN3O/c1-20-18(23)16-15-10-13(11-2-3-11)8-9-22(15)21-17(16)12-4-6-14(19)7-5-12/h4-11H,2-3H2,1H3,(H,20,23). The van der Waals surface area contributed by atoms with Crippen molar-refractivity contribution < 1.29 is 9.18 Å². The second-order valence-electron chi connectivity index (χ2n) is 5.87. The molecular weight excluding hydrogens is 293 g/mol. The molecule has 0 radical (unpaired) electrons. The lowest BCUT2D eigenvalue weighted by Gasteiger charge is -2.03. The Morgan fingerprint density at radius 2 is 2.00 bits per heavy atom. The van der Waals surface area contributed by atoms with Gasteiger partial charge in [-0.25, -0.2) is 8.91 Å². The average Bonchev–Trinajstić information content (AvgIpc) is 3.35. The van der Waals surface area contributed by atoms with E-state index in [1.807, 2.05) is 12.3 Å². The number of nitrogens with one attached hydrogen (secondary N) is 1. The molecule has 1 aliphatic rings. The van der Waals surface area contributed by atoms with Crippen LogP contribution in [0.15, 0.2) is 42.6 Å². The van der Waals surface area contributed by atoms with E-state index in [-0.39, 0.29) is 11.7 Å². The number of carbonyl (C=O) groups is 1. The van der Waals surface area contributed by atoms with Gasteiger partial charge in [-0.3, -0.25) is 4.79 Å². The molecule has 2 aromatic heterocycles. The lowest BCUT2D eigenvalue weighted by atomic mass is 10.0. The van der Waals surface area contributed by atoms with E-state index in [0.717, 1.165) is 11.1 Å². The van der Waals surface area contributed by atoms with Gasteiger partial charge in [0.05, 0.1) is 11.1 Å². The number of nitrogens with zero attached hydrogens (tertiary/aromatic N) is 2. The zero-order chi connectivity index (χ0) is 16.0. The largest absolute Gasteiger partial charge is 0.355 e. The third kappa shape index (κ3) is 2.38. The Labute approximate surface area is 132 Å². The van der Waals surface area contributed by atoms with Crippen molar-refractivity contribution in [2.75, 3.05) is 7.05 Å². The molecule has 2 heterocycles. The summed E-state index contributed by atoms with van der Waals surface area (Å²) in [4.78, 5) is 12.4. The second kappa shape index (κ2) is 5.19. The van der Waals surface area contributed by atoms with Gasteiger partial charge in [0.1, 0.15) is 11.5 Å². The molecule has 0 aliphatic heterocycles. The highest BCUT2D eigenvalue weighted by atomic mass is 19.1. The fourth-order valence-electron chi connectivity index (χ4n) is 2.89. The minimum absolute atomic E-state index is 0.188. The minimum atomic E-state index is -0.310. The molecule has 5 heteroatoms. The third-order valence-corrected chi connectivity index (χ3v) is 4.28. The van der Waals surface area contributed by atoms with Crippen molar-refractivity contribution in [1.82, 2.24) is 14.9 Å². The van der Waals surface area contributed by atoms with Crippen LogP contribution in [0.5, 0.6) is 0 Å². The van der Waals surface area contributed by atoms with Crippen molar-refractivity contribution in [2.24, 2.45) is 0 Å². The van der Waals surface area contributed by atoms with Gasteiger partial charge in [-0.15, -0.1) is 0 Å². The highest BCUT2D eigenvalue weighted by Crippen LogP contribution is 2.41. The Morgan fingerprint density at radius 1 is 1.26 bits per heavy atom. The van der Waals surface area contributed by atoms with Gasteiger partial charge in [-0.1, -0.05) is 0 Å². The Balaban J connectivity index is 1.95. The third-order valence-electron chi connectivity index (χ3n) is 4.28. The maximum Gasteiger partial charge on any atom is 0.255 e. The van der Waals surface area contributed by atoms with Gasteiger partial charge in [0.15, 0.2) is 0 Å². The Morgan fingerprint density at radius 3 is 2.65 bits per heavy atom. The Kier molecular flexibility index (Phi) is 3.15. The minimum Gasteiger partial charge on any atom is -0.355 e. The highest BCUT2D eigenvalue weighted by Gasteiger charge is 2.26. The van der Waals surface area contributed by atoms with Gasteiger partial charge in [0.25, 0.3) is 5.91 Å². The lowest BCUT2D eigenvalue weighted by molar-refractivity contribution is 0.0965. The number of benzene rings is 1. The SMILES string of the molecule is CNC(=O)c1c(-c2ccc(F)cc2)nn2ccc(C3CC3)cc12. The van der Waals surface area contributed by atoms with Crippen molar-refractivity contribution in [3.63, 3.8) is 0 Å². The average molecular weight is 309 g/mol. The van der Waals surface area contributed by atoms with Gasteiger partial charge in [0, 0.05) is 18.8 Å². The van der Waals surface area contributed by atoms with Gasteiger partial charge in [0.2, 0.25) is 0 Å². The Hall–Kier alpha value is -2.69. The molecule has 1 aliphatic carbocycles. The summed E-state index contributed by atoms with van der Waals surface area (Å²) in [5.41, 5.74) is 3.85. The quantitative estimate of drug-likeness (QED) is 0.806. The van der Waals surface area contributed by atoms with Crippen LogP contribution in [0.2, 0.25) is 0 Å². The first-order valence-corrected chi connectivity index (χ1v) is 7.67. The summed E-state index contributed by atoms with van der Waals surface area (Å²) in [5.74, 6) is 0.101. The molecule has 0 unspecified atom stereocenters. The highest BCUT2D eigenvalue weighted by molar-refractivity contribution is 6.06. The molecule has 4 nitrogen and oxygen atoms in total. The first-order chi connectivity index (χ1) is 11.2. The van der Waals surface area contributed by atoms with E-state index in [2.05, 4.69) is 16.5 Å². The second-order valence-corrected chi connectivity index (χ2v) is 5.87. The maximum atomic E-state index is 13.2. The van der Waals surface area contributed by atoms with Gasteiger partial charge in [-0.2, -0.15) is 5.10 Å². The molecule has 1 N–H and O–H groups in total. The fraction of sp³-hybridized carbons (Fsp3) is 0.222. The summed E-state index contributed by atoms with van der Waals surface area (Å²) in [6, 6.07) is 10.1. The van der Waals surface area contributed by atoms with Crippen LogP contribution >= 0.6 is 0 Å². The monoisotopic (exact) mass is 309 g/mol. The van der Waals surface area contributed by atoms with Crippen LogP contribution in [0.3, 0.4) is 0 Å². The van der Waals surface area contributed by atoms with E-state index in [1.165, 1.54) is 30.5 Å². The molecule has 1 amide bonds. The maximum absolute atomic E-state index is 13.2. The molecule has 3 aromatic rings. The van der Waals surface area contributed by atoms with E-state index >= 15 is 0 Å². The number of amides is 1. The van der Waals surface area contributed by atoms with Crippen molar-refractivity contribution in [3.8, 4) is 11.3 Å². The van der Waals surface area contributed by atoms with Gasteiger partial charge < -0.3 is 5.32 Å². The summed E-state index contributed by atoms with van der Waals surface area (Å²) < 4.78 is 14.9. The summed E-state index contributed by atoms with van der Waals surface area (Å²) in [5, 5.41) is 7.21. The van der Waals surface area contributed by atoms with Crippen LogP contribution in [0.1, 0.15) is 34.7 Å². The number of pyridine rings is 1. The number of aromatic nitrogens is 2. The van der Waals surface area contributed by atoms with Crippen molar-refractivity contribution >= 4 is 11.4 Å². The normalized spacial score (nSPS) is 14.2. The number of rotatable bonds is 3. The summed E-state index contributed by atoms with van der Waals surface area (Å²) >= 11 is 0. The van der Waals surface area contributed by atoms with E-state index in [9.17, 15) is 9.18 Å². The zero-order valence-corrected chi connectivity index (χ0v) is 12.7. The van der Waals surface area contributed by atoms with Gasteiger partial charge in [-0.05, 0) is 60.7 Å². The number of hydrogen-bond acceptors (Lipinski definition) is 2. The number of fused-ring (bicyclic) bond motifs is 1. The van der Waals surface area contributed by atoms with Crippen LogP contribution in [0, 0.1) is 5.82 Å². The van der Waals surface area contributed by atoms with Crippen LogP contribution in [0.25, 0.3) is 16.8 Å². The van der Waals surface area contributed by atoms with Crippen LogP contribution in [-0.4, -0.2) is 22.6 Å². The molecular formula is C18H16FN3O. The van der Waals surface area contributed by atoms with E-state index in [1.54, 1.807) is 23.7 Å². The number of halogens is 1. The molecule has 0 saturated heterocycles. The van der Waals surface area contributed by atoms with E-state index in [0.29, 0.717) is 17.2 Å². The van der Waals surface area contributed by atoms with E-state index < -0.39 is 0 Å². The van der Waals surface area contributed by atoms with Gasteiger partial charge >= 0.3 is 0 Å². The molecule has 116 valence electrons. The first-order valence-electron chi connectivity index (χ1n) is 7.67. The molecule has 1 fully saturated rings. The number of carbonyl (C=O) groups excluding carboxylic acids is 1. The Bertz CT molecular complexity index is 895. The molecule has 0 bridgehead atoms. The van der Waals surface area contributed by atoms with E-state index in [4.69, 9.17) is 0 Å². The predicted octanol–water partition coefficient (Wildman–Crippen LogP) is 3.38. The summed E-state index contributed by atoms with van der Waals surface area (Å²) in [7, 11) is 1.60. The molecule has 23 heavy (non-hydrogen) atoms.